The van der Waals surface area contributed by atoms with Crippen LogP contribution in [-0.4, -0.2) is 24.9 Å². The molecule has 0 amide bonds. The Hall–Kier alpha value is -5.32. The van der Waals surface area contributed by atoms with E-state index in [2.05, 4.69) is 97.1 Å². The molecule has 0 unspecified atom stereocenters. The van der Waals surface area contributed by atoms with E-state index in [9.17, 15) is 0 Å². The first-order chi connectivity index (χ1) is 29.5. The summed E-state index contributed by atoms with van der Waals surface area (Å²) in [6.45, 7) is 0.785. The molecule has 0 aromatic heterocycles. The zero-order valence-corrected chi connectivity index (χ0v) is 37.0. The first-order valence-corrected chi connectivity index (χ1v) is 27.9. The summed E-state index contributed by atoms with van der Waals surface area (Å²) in [6, 6.07) is 81.7. The maximum atomic E-state index is 16.1. The summed E-state index contributed by atoms with van der Waals surface area (Å²) in [5.74, 6) is 0.716. The van der Waals surface area contributed by atoms with Gasteiger partial charge in [-0.1, -0.05) is 243 Å². The molecule has 0 aliphatic rings. The monoisotopic (exact) mass is 856 g/mol. The van der Waals surface area contributed by atoms with Crippen molar-refractivity contribution in [1.29, 1.82) is 0 Å². The van der Waals surface area contributed by atoms with E-state index in [0.29, 0.717) is 24.9 Å². The third-order valence-corrected chi connectivity index (χ3v) is 28.0. The van der Waals surface area contributed by atoms with Gasteiger partial charge in [0.1, 0.15) is 14.3 Å². The average molecular weight is 857 g/mol. The molecule has 0 saturated carbocycles. The molecular formula is C52H48N2O2P4. The lowest BCUT2D eigenvalue weighted by atomic mass is 10.4. The molecule has 8 heteroatoms. The molecule has 0 heterocycles. The SMILES string of the molecule is O=P(CP(=NCCN=P(CP(=O)(c1ccccc1)c1ccccc1)(c1ccccc1)c1ccccc1)(c1ccccc1)c1ccccc1)(c1ccccc1)c1ccccc1. The van der Waals surface area contributed by atoms with E-state index >= 15 is 9.13 Å². The molecule has 0 spiro atoms. The van der Waals surface area contributed by atoms with Crippen molar-refractivity contribution in [2.24, 2.45) is 9.49 Å². The Morgan fingerprint density at radius 3 is 0.600 bits per heavy atom. The predicted molar refractivity (Wildman–Crippen MR) is 262 cm³/mol. The van der Waals surface area contributed by atoms with E-state index in [4.69, 9.17) is 9.49 Å². The molecule has 298 valence electrons. The van der Waals surface area contributed by atoms with Gasteiger partial charge in [0.15, 0.2) is 0 Å². The molecule has 60 heavy (non-hydrogen) atoms. The Balaban J connectivity index is 1.35. The maximum absolute atomic E-state index is 16.1. The number of hydrogen-bond acceptors (Lipinski definition) is 4. The fourth-order valence-electron chi connectivity index (χ4n) is 8.05. The fraction of sp³-hybridized carbons (Fsp3) is 0.0769. The Kier molecular flexibility index (Phi) is 13.1. The molecule has 4 nitrogen and oxygen atoms in total. The van der Waals surface area contributed by atoms with E-state index in [1.165, 1.54) is 0 Å². The highest BCUT2D eigenvalue weighted by molar-refractivity contribution is 7.95. The summed E-state index contributed by atoms with van der Waals surface area (Å²) in [5.41, 5.74) is 0. The number of nitrogens with zero attached hydrogens (tertiary/aromatic N) is 2. The van der Waals surface area contributed by atoms with Crippen molar-refractivity contribution in [2.45, 2.75) is 0 Å². The largest absolute Gasteiger partial charge is 0.313 e. The van der Waals surface area contributed by atoms with Crippen LogP contribution in [0.2, 0.25) is 0 Å². The van der Waals surface area contributed by atoms with Crippen LogP contribution in [0.4, 0.5) is 0 Å². The minimum atomic E-state index is -3.25. The lowest BCUT2D eigenvalue weighted by Gasteiger charge is -2.32. The summed E-state index contributed by atoms with van der Waals surface area (Å²) in [4.78, 5) is 0. The number of benzene rings is 8. The van der Waals surface area contributed by atoms with Gasteiger partial charge in [-0.2, -0.15) is 0 Å². The summed E-state index contributed by atoms with van der Waals surface area (Å²) >= 11 is 0. The van der Waals surface area contributed by atoms with Gasteiger partial charge >= 0.3 is 0 Å². The van der Waals surface area contributed by atoms with Crippen LogP contribution in [-0.2, 0) is 9.13 Å². The second kappa shape index (κ2) is 18.9. The van der Waals surface area contributed by atoms with Crippen LogP contribution in [0.3, 0.4) is 0 Å². The Morgan fingerprint density at radius 1 is 0.250 bits per heavy atom. The van der Waals surface area contributed by atoms with E-state index in [0.717, 1.165) is 42.4 Å². The molecule has 0 atom stereocenters. The van der Waals surface area contributed by atoms with Crippen molar-refractivity contribution < 1.29 is 9.13 Å². The molecule has 0 radical (unpaired) electrons. The van der Waals surface area contributed by atoms with Crippen LogP contribution in [0.5, 0.6) is 0 Å². The molecule has 8 aromatic rings. The lowest BCUT2D eigenvalue weighted by molar-refractivity contribution is 0.588. The fourth-order valence-corrected chi connectivity index (χ4v) is 26.6. The molecule has 8 rings (SSSR count). The van der Waals surface area contributed by atoms with Crippen LogP contribution in [0.25, 0.3) is 0 Å². The number of hydrogen-bond donors (Lipinski definition) is 0. The Bertz CT molecular complexity index is 2440. The third kappa shape index (κ3) is 8.63. The highest BCUT2D eigenvalue weighted by Crippen LogP contribution is 2.63. The lowest BCUT2D eigenvalue weighted by Crippen LogP contribution is -2.26. The van der Waals surface area contributed by atoms with Crippen molar-refractivity contribution >= 4 is 70.8 Å². The molecule has 0 N–H and O–H groups in total. The highest BCUT2D eigenvalue weighted by Gasteiger charge is 2.39. The smallest absolute Gasteiger partial charge is 0.149 e. The Labute approximate surface area is 355 Å². The van der Waals surface area contributed by atoms with Crippen molar-refractivity contribution in [2.75, 3.05) is 24.9 Å². The van der Waals surface area contributed by atoms with Gasteiger partial charge < -0.3 is 9.13 Å². The normalized spacial score (nSPS) is 12.1. The van der Waals surface area contributed by atoms with Gasteiger partial charge in [0.05, 0.1) is 24.9 Å². The van der Waals surface area contributed by atoms with Crippen molar-refractivity contribution in [3.8, 4) is 0 Å². The average Bonchev–Trinajstić information content (AvgIpc) is 3.34. The second-order valence-corrected chi connectivity index (χ2v) is 27.7. The molecule has 0 aliphatic heterocycles. The molecule has 0 fully saturated rings. The first-order valence-electron chi connectivity index (χ1n) is 20.2. The van der Waals surface area contributed by atoms with Crippen molar-refractivity contribution in [1.82, 2.24) is 0 Å². The van der Waals surface area contributed by atoms with E-state index in [1.807, 2.05) is 146 Å². The standard InChI is InChI=1S/C52H48N2O2P4/c55-59(49-33-17-5-18-34-49,50-35-19-6-20-36-50)43-57(45-25-9-1-10-26-45,46-27-11-2-12-28-46)53-41-42-54-58(47-29-13-3-14-30-47,48-31-15-4-16-32-48)44-60(56,51-37-21-7-22-38-51)52-39-23-8-24-40-52/h1-40H,41-44H2. The summed E-state index contributed by atoms with van der Waals surface area (Å²) in [5, 5.41) is 7.60. The van der Waals surface area contributed by atoms with Crippen LogP contribution >= 0.6 is 28.4 Å². The van der Waals surface area contributed by atoms with Crippen LogP contribution in [0, 0.1) is 0 Å². The Morgan fingerprint density at radius 2 is 0.417 bits per heavy atom. The van der Waals surface area contributed by atoms with Gasteiger partial charge in [0.2, 0.25) is 0 Å². The van der Waals surface area contributed by atoms with E-state index in [-0.39, 0.29) is 0 Å². The van der Waals surface area contributed by atoms with Gasteiger partial charge in [-0.25, -0.2) is 0 Å². The van der Waals surface area contributed by atoms with Crippen LogP contribution < -0.4 is 42.4 Å². The minimum Gasteiger partial charge on any atom is -0.313 e. The second-order valence-electron chi connectivity index (χ2n) is 14.7. The van der Waals surface area contributed by atoms with Crippen LogP contribution in [0.1, 0.15) is 0 Å². The van der Waals surface area contributed by atoms with Crippen LogP contribution in [0.15, 0.2) is 252 Å². The predicted octanol–water partition coefficient (Wildman–Crippen LogP) is 10.6. The summed E-state index contributed by atoms with van der Waals surface area (Å²) in [6.07, 6.45) is 0. The van der Waals surface area contributed by atoms with Gasteiger partial charge in [0.25, 0.3) is 0 Å². The molecule has 0 aliphatic carbocycles. The number of rotatable bonds is 15. The van der Waals surface area contributed by atoms with Gasteiger partial charge in [-0.15, -0.1) is 0 Å². The minimum absolute atomic E-state index is 0.358. The zero-order valence-electron chi connectivity index (χ0n) is 33.4. The van der Waals surface area contributed by atoms with E-state index < -0.39 is 28.4 Å². The quantitative estimate of drug-likeness (QED) is 0.0762. The van der Waals surface area contributed by atoms with E-state index in [1.54, 1.807) is 0 Å². The maximum Gasteiger partial charge on any atom is 0.149 e. The van der Waals surface area contributed by atoms with Gasteiger partial charge in [-0.05, 0) is 21.2 Å². The molecule has 8 aromatic carbocycles. The van der Waals surface area contributed by atoms with Crippen molar-refractivity contribution in [3.63, 3.8) is 0 Å². The summed E-state index contributed by atoms with van der Waals surface area (Å²) < 4.78 is 43.8. The first kappa shape index (κ1) is 41.4. The topological polar surface area (TPSA) is 58.9 Å². The van der Waals surface area contributed by atoms with Gasteiger partial charge in [-0.3, -0.25) is 9.49 Å². The molecule has 0 saturated heterocycles. The molecular weight excluding hydrogens is 808 g/mol. The summed E-state index contributed by atoms with van der Waals surface area (Å²) in [7, 11) is -12.0. The zero-order chi connectivity index (χ0) is 41.1. The van der Waals surface area contributed by atoms with Gasteiger partial charge in [0, 0.05) is 35.3 Å². The third-order valence-electron chi connectivity index (χ3n) is 11.0. The highest BCUT2D eigenvalue weighted by atomic mass is 31.2. The van der Waals surface area contributed by atoms with Crippen molar-refractivity contribution in [3.05, 3.63) is 243 Å². The molecule has 0 bridgehead atoms.